The van der Waals surface area contributed by atoms with Gasteiger partial charge in [-0.2, -0.15) is 0 Å². The van der Waals surface area contributed by atoms with Crippen molar-refractivity contribution in [2.45, 2.75) is 6.04 Å². The zero-order valence-corrected chi connectivity index (χ0v) is 7.48. The first kappa shape index (κ1) is 9.53. The van der Waals surface area contributed by atoms with Crippen molar-refractivity contribution in [1.82, 2.24) is 0 Å². The summed E-state index contributed by atoms with van der Waals surface area (Å²) in [6.45, 7) is 3.55. The summed E-state index contributed by atoms with van der Waals surface area (Å²) in [7, 11) is 0. The van der Waals surface area contributed by atoms with E-state index in [9.17, 15) is 0 Å². The summed E-state index contributed by atoms with van der Waals surface area (Å²) in [5.41, 5.74) is 9.89. The highest BCUT2D eigenvalue weighted by Gasteiger charge is 1.97. The summed E-state index contributed by atoms with van der Waals surface area (Å²) in [5, 5.41) is 0. The zero-order chi connectivity index (χ0) is 9.52. The summed E-state index contributed by atoms with van der Waals surface area (Å²) in [4.78, 5) is 0. The van der Waals surface area contributed by atoms with Gasteiger partial charge in [-0.3, -0.25) is 0 Å². The lowest BCUT2D eigenvalue weighted by atomic mass is 10.1. The Bertz CT molecular complexity index is 318. The number of benzene rings is 1. The molecule has 0 spiro atoms. The molecule has 0 aliphatic carbocycles. The minimum atomic E-state index is -0.0857. The largest absolute Gasteiger partial charge is 0.320 e. The maximum absolute atomic E-state index is 5.86. The molecule has 0 aromatic heterocycles. The highest BCUT2D eigenvalue weighted by Crippen LogP contribution is 2.09. The van der Waals surface area contributed by atoms with Crippen LogP contribution in [0.4, 0.5) is 0 Å². The van der Waals surface area contributed by atoms with Crippen LogP contribution < -0.4 is 5.73 Å². The first-order chi connectivity index (χ1) is 6.34. The molecule has 1 aromatic carbocycles. The number of hydrogen-bond donors (Lipinski definition) is 1. The molecular formula is C12H13N. The first-order valence-corrected chi connectivity index (χ1v) is 4.18. The van der Waals surface area contributed by atoms with Crippen LogP contribution in [-0.2, 0) is 0 Å². The van der Waals surface area contributed by atoms with Crippen LogP contribution in [-0.4, -0.2) is 0 Å². The van der Waals surface area contributed by atoms with Crippen molar-refractivity contribution in [1.29, 1.82) is 0 Å². The van der Waals surface area contributed by atoms with Gasteiger partial charge in [0.15, 0.2) is 0 Å². The van der Waals surface area contributed by atoms with Crippen LogP contribution in [0.15, 0.2) is 60.9 Å². The molecule has 0 saturated carbocycles. The fraction of sp³-hybridized carbons (Fsp3) is 0.0833. The number of rotatable bonds is 3. The van der Waals surface area contributed by atoms with Gasteiger partial charge in [-0.25, -0.2) is 0 Å². The van der Waals surface area contributed by atoms with E-state index < -0.39 is 0 Å². The van der Waals surface area contributed by atoms with Crippen molar-refractivity contribution in [3.63, 3.8) is 0 Å². The highest BCUT2D eigenvalue weighted by atomic mass is 14.6. The lowest BCUT2D eigenvalue weighted by Gasteiger charge is -2.03. The normalized spacial score (nSPS) is 11.2. The molecule has 1 heteroatoms. The van der Waals surface area contributed by atoms with E-state index in [1.807, 2.05) is 36.4 Å². The molecule has 66 valence electrons. The molecule has 0 unspecified atom stereocenters. The molecular weight excluding hydrogens is 158 g/mol. The monoisotopic (exact) mass is 171 g/mol. The Morgan fingerprint density at radius 3 is 2.62 bits per heavy atom. The molecule has 1 aromatic rings. The summed E-state index contributed by atoms with van der Waals surface area (Å²) in [5.74, 6) is 0. The van der Waals surface area contributed by atoms with E-state index in [2.05, 4.69) is 12.3 Å². The maximum atomic E-state index is 5.86. The summed E-state index contributed by atoms with van der Waals surface area (Å²) >= 11 is 0. The van der Waals surface area contributed by atoms with E-state index in [4.69, 9.17) is 5.73 Å². The van der Waals surface area contributed by atoms with Crippen molar-refractivity contribution < 1.29 is 0 Å². The van der Waals surface area contributed by atoms with Gasteiger partial charge in [0.25, 0.3) is 0 Å². The quantitative estimate of drug-likeness (QED) is 0.549. The third kappa shape index (κ3) is 3.12. The molecule has 0 saturated heterocycles. The van der Waals surface area contributed by atoms with Crippen LogP contribution in [0.1, 0.15) is 11.6 Å². The number of nitrogens with two attached hydrogens (primary N) is 1. The van der Waals surface area contributed by atoms with E-state index in [0.29, 0.717) is 0 Å². The van der Waals surface area contributed by atoms with Crippen LogP contribution in [0.5, 0.6) is 0 Å². The minimum absolute atomic E-state index is 0.0857. The Morgan fingerprint density at radius 2 is 2.00 bits per heavy atom. The second-order valence-corrected chi connectivity index (χ2v) is 2.67. The molecule has 0 aliphatic rings. The topological polar surface area (TPSA) is 26.0 Å². The maximum Gasteiger partial charge on any atom is 0.0556 e. The van der Waals surface area contributed by atoms with Gasteiger partial charge in [-0.15, -0.1) is 5.73 Å². The predicted molar refractivity (Wildman–Crippen MR) is 56.2 cm³/mol. The van der Waals surface area contributed by atoms with Crippen LogP contribution >= 0.6 is 0 Å². The van der Waals surface area contributed by atoms with Crippen LogP contribution in [0.2, 0.25) is 0 Å². The SMILES string of the molecule is C=CC=C=C[C@@H](N)c1ccccc1. The smallest absolute Gasteiger partial charge is 0.0556 e. The van der Waals surface area contributed by atoms with Crippen molar-refractivity contribution in [3.05, 3.63) is 66.4 Å². The van der Waals surface area contributed by atoms with Gasteiger partial charge in [0.2, 0.25) is 0 Å². The van der Waals surface area contributed by atoms with Crippen LogP contribution in [0.25, 0.3) is 0 Å². The first-order valence-electron chi connectivity index (χ1n) is 4.18. The summed E-state index contributed by atoms with van der Waals surface area (Å²) < 4.78 is 0. The Hall–Kier alpha value is -1.56. The zero-order valence-electron chi connectivity index (χ0n) is 7.48. The van der Waals surface area contributed by atoms with E-state index in [-0.39, 0.29) is 6.04 Å². The molecule has 0 aliphatic heterocycles. The Morgan fingerprint density at radius 1 is 1.31 bits per heavy atom. The number of allylic oxidation sites excluding steroid dienone is 1. The molecule has 0 amide bonds. The fourth-order valence-corrected chi connectivity index (χ4v) is 0.999. The molecule has 0 radical (unpaired) electrons. The van der Waals surface area contributed by atoms with Gasteiger partial charge in [0.05, 0.1) is 6.04 Å². The lowest BCUT2D eigenvalue weighted by molar-refractivity contribution is 0.913. The van der Waals surface area contributed by atoms with E-state index >= 15 is 0 Å². The van der Waals surface area contributed by atoms with Gasteiger partial charge in [-0.05, 0) is 17.7 Å². The molecule has 1 rings (SSSR count). The minimum Gasteiger partial charge on any atom is -0.320 e. The third-order valence-electron chi connectivity index (χ3n) is 1.67. The van der Waals surface area contributed by atoms with Crippen molar-refractivity contribution in [2.24, 2.45) is 5.73 Å². The summed E-state index contributed by atoms with van der Waals surface area (Å²) in [6.07, 6.45) is 5.23. The second kappa shape index (κ2) is 5.15. The third-order valence-corrected chi connectivity index (χ3v) is 1.67. The average molecular weight is 171 g/mol. The summed E-state index contributed by atoms with van der Waals surface area (Å²) in [6, 6.07) is 9.82. The van der Waals surface area contributed by atoms with Gasteiger partial charge in [0, 0.05) is 0 Å². The van der Waals surface area contributed by atoms with E-state index in [1.54, 1.807) is 12.2 Å². The van der Waals surface area contributed by atoms with Crippen molar-refractivity contribution in [2.75, 3.05) is 0 Å². The molecule has 0 heterocycles. The van der Waals surface area contributed by atoms with E-state index in [0.717, 1.165) is 5.56 Å². The molecule has 2 N–H and O–H groups in total. The highest BCUT2D eigenvalue weighted by molar-refractivity contribution is 5.22. The molecule has 13 heavy (non-hydrogen) atoms. The lowest BCUT2D eigenvalue weighted by Crippen LogP contribution is -2.05. The van der Waals surface area contributed by atoms with Crippen LogP contribution in [0, 0.1) is 0 Å². The standard InChI is InChI=1S/C12H13N/c1-2-3-5-10-12(13)11-8-6-4-7-9-11/h2-4,6-10,12H,1,13H2/t5?,12-/m1/s1. The molecule has 1 atom stereocenters. The second-order valence-electron chi connectivity index (χ2n) is 2.67. The van der Waals surface area contributed by atoms with Crippen molar-refractivity contribution >= 4 is 0 Å². The van der Waals surface area contributed by atoms with Gasteiger partial charge in [-0.1, -0.05) is 43.0 Å². The van der Waals surface area contributed by atoms with Crippen LogP contribution in [0.3, 0.4) is 0 Å². The Balaban J connectivity index is 2.74. The van der Waals surface area contributed by atoms with Gasteiger partial charge >= 0.3 is 0 Å². The molecule has 1 nitrogen and oxygen atoms in total. The van der Waals surface area contributed by atoms with Gasteiger partial charge < -0.3 is 5.73 Å². The van der Waals surface area contributed by atoms with E-state index in [1.165, 1.54) is 0 Å². The fourth-order valence-electron chi connectivity index (χ4n) is 0.999. The average Bonchev–Trinajstić information content (AvgIpc) is 2.19. The Kier molecular flexibility index (Phi) is 3.77. The molecule has 0 bridgehead atoms. The van der Waals surface area contributed by atoms with Gasteiger partial charge in [0.1, 0.15) is 0 Å². The predicted octanol–water partition coefficient (Wildman–Crippen LogP) is 2.58. The molecule has 0 fully saturated rings. The number of hydrogen-bond acceptors (Lipinski definition) is 1. The van der Waals surface area contributed by atoms with Crippen molar-refractivity contribution in [3.8, 4) is 0 Å². The Labute approximate surface area is 78.9 Å².